The summed E-state index contributed by atoms with van der Waals surface area (Å²) in [5, 5.41) is 13.6. The molecule has 1 aliphatic heterocycles. The Balaban J connectivity index is 1.60. The van der Waals surface area contributed by atoms with Gasteiger partial charge in [-0.3, -0.25) is 4.79 Å². The van der Waals surface area contributed by atoms with Crippen molar-refractivity contribution in [2.75, 3.05) is 19.8 Å². The molecule has 35 heavy (non-hydrogen) atoms. The summed E-state index contributed by atoms with van der Waals surface area (Å²) in [4.78, 5) is 25.4. The summed E-state index contributed by atoms with van der Waals surface area (Å²) in [6, 6.07) is 4.86. The fraction of sp³-hybridized carbons (Fsp3) is 0.417. The number of aryl methyl sites for hydroxylation is 1. The number of alkyl halides is 3. The monoisotopic (exact) mass is 506 g/mol. The van der Waals surface area contributed by atoms with Gasteiger partial charge in [0, 0.05) is 52.2 Å². The molecule has 7 nitrogen and oxygen atoms in total. The quantitative estimate of drug-likeness (QED) is 0.494. The van der Waals surface area contributed by atoms with E-state index in [2.05, 4.69) is 20.3 Å². The molecule has 1 saturated heterocycles. The number of hydrogen-bond acceptors (Lipinski definition) is 7. The van der Waals surface area contributed by atoms with Crippen molar-refractivity contribution in [3.8, 4) is 10.6 Å². The number of nitrogens with zero attached hydrogens (tertiary/aromatic N) is 3. The zero-order valence-corrected chi connectivity index (χ0v) is 20.0. The molecule has 1 aromatic carbocycles. The van der Waals surface area contributed by atoms with Gasteiger partial charge in [-0.25, -0.2) is 15.0 Å². The molecule has 0 bridgehead atoms. The number of carbonyl (C=O) groups is 1. The third-order valence-electron chi connectivity index (χ3n) is 6.00. The van der Waals surface area contributed by atoms with E-state index in [0.29, 0.717) is 30.8 Å². The highest BCUT2D eigenvalue weighted by Crippen LogP contribution is 2.35. The van der Waals surface area contributed by atoms with Crippen molar-refractivity contribution in [3.05, 3.63) is 64.2 Å². The Bertz CT molecular complexity index is 1190. The molecule has 1 amide bonds. The lowest BCUT2D eigenvalue weighted by atomic mass is 9.81. The topological polar surface area (TPSA) is 97.2 Å². The van der Waals surface area contributed by atoms with E-state index in [1.807, 2.05) is 13.0 Å². The second kappa shape index (κ2) is 10.00. The van der Waals surface area contributed by atoms with Crippen LogP contribution in [0.4, 0.5) is 13.2 Å². The predicted molar refractivity (Wildman–Crippen MR) is 124 cm³/mol. The summed E-state index contributed by atoms with van der Waals surface area (Å²) in [7, 11) is 0. The van der Waals surface area contributed by atoms with Crippen LogP contribution < -0.4 is 5.32 Å². The second-order valence-corrected chi connectivity index (χ2v) is 10.1. The third-order valence-corrected chi connectivity index (χ3v) is 6.96. The number of aliphatic hydroxyl groups is 1. The van der Waals surface area contributed by atoms with Gasteiger partial charge in [0.2, 0.25) is 5.82 Å². The SMILES string of the molecule is Cc1cnc(-c2cc(CC3(CO)CCOC3)cc(C(=O)N[C@H](C)c3cnc(C(F)(F)F)nc3)c2)s1. The van der Waals surface area contributed by atoms with Crippen molar-refractivity contribution in [1.82, 2.24) is 20.3 Å². The third kappa shape index (κ3) is 5.85. The first-order chi connectivity index (χ1) is 16.6. The lowest BCUT2D eigenvalue weighted by Gasteiger charge is -2.25. The summed E-state index contributed by atoms with van der Waals surface area (Å²) < 4.78 is 43.8. The van der Waals surface area contributed by atoms with Crippen LogP contribution in [0.2, 0.25) is 0 Å². The average molecular weight is 507 g/mol. The van der Waals surface area contributed by atoms with Gasteiger partial charge in [-0.2, -0.15) is 13.2 Å². The van der Waals surface area contributed by atoms with Crippen molar-refractivity contribution in [2.24, 2.45) is 5.41 Å². The highest BCUT2D eigenvalue weighted by Gasteiger charge is 2.35. The first kappa shape index (κ1) is 25.2. The fourth-order valence-electron chi connectivity index (χ4n) is 4.01. The molecule has 3 heterocycles. The van der Waals surface area contributed by atoms with Crippen LogP contribution in [0.1, 0.15) is 51.6 Å². The fourth-order valence-corrected chi connectivity index (χ4v) is 4.76. The van der Waals surface area contributed by atoms with Gasteiger partial charge in [-0.05, 0) is 50.5 Å². The van der Waals surface area contributed by atoms with Crippen molar-refractivity contribution in [1.29, 1.82) is 0 Å². The lowest BCUT2D eigenvalue weighted by molar-refractivity contribution is -0.145. The van der Waals surface area contributed by atoms with E-state index in [4.69, 9.17) is 4.74 Å². The molecule has 0 saturated carbocycles. The van der Waals surface area contributed by atoms with Crippen LogP contribution in [0.15, 0.2) is 36.8 Å². The van der Waals surface area contributed by atoms with Gasteiger partial charge in [-0.15, -0.1) is 11.3 Å². The maximum absolute atomic E-state index is 13.2. The van der Waals surface area contributed by atoms with Crippen LogP contribution in [0.5, 0.6) is 0 Å². The molecule has 3 aromatic rings. The maximum atomic E-state index is 13.2. The van der Waals surface area contributed by atoms with E-state index in [9.17, 15) is 23.1 Å². The van der Waals surface area contributed by atoms with Gasteiger partial charge in [0.15, 0.2) is 0 Å². The Hall–Kier alpha value is -2.89. The summed E-state index contributed by atoms with van der Waals surface area (Å²) in [6.45, 7) is 4.58. The van der Waals surface area contributed by atoms with Gasteiger partial charge < -0.3 is 15.2 Å². The molecule has 11 heteroatoms. The second-order valence-electron chi connectivity index (χ2n) is 8.87. The molecule has 1 unspecified atom stereocenters. The number of aliphatic hydroxyl groups excluding tert-OH is 1. The van der Waals surface area contributed by atoms with Crippen LogP contribution in [0.3, 0.4) is 0 Å². The Morgan fingerprint density at radius 1 is 1.23 bits per heavy atom. The van der Waals surface area contributed by atoms with E-state index < -0.39 is 29.4 Å². The van der Waals surface area contributed by atoms with Crippen LogP contribution in [-0.4, -0.2) is 45.8 Å². The van der Waals surface area contributed by atoms with Crippen LogP contribution in [-0.2, 0) is 17.3 Å². The van der Waals surface area contributed by atoms with Crippen molar-refractivity contribution < 1.29 is 27.8 Å². The molecular weight excluding hydrogens is 481 g/mol. The Kier molecular flexibility index (Phi) is 7.20. The molecule has 2 N–H and O–H groups in total. The summed E-state index contributed by atoms with van der Waals surface area (Å²) in [5.74, 6) is -1.63. The van der Waals surface area contributed by atoms with Crippen LogP contribution in [0.25, 0.3) is 10.6 Å². The number of aromatic nitrogens is 3. The molecule has 0 spiro atoms. The van der Waals surface area contributed by atoms with Crippen LogP contribution >= 0.6 is 11.3 Å². The number of benzene rings is 1. The normalized spacial score (nSPS) is 19.0. The minimum Gasteiger partial charge on any atom is -0.396 e. The molecule has 0 aliphatic carbocycles. The zero-order chi connectivity index (χ0) is 25.2. The van der Waals surface area contributed by atoms with Gasteiger partial charge in [0.1, 0.15) is 5.01 Å². The van der Waals surface area contributed by atoms with Crippen molar-refractivity contribution >= 4 is 17.2 Å². The van der Waals surface area contributed by atoms with Gasteiger partial charge in [0.25, 0.3) is 5.91 Å². The molecule has 186 valence electrons. The van der Waals surface area contributed by atoms with E-state index in [-0.39, 0.29) is 6.61 Å². The van der Waals surface area contributed by atoms with Gasteiger partial charge in [0.05, 0.1) is 19.3 Å². The highest BCUT2D eigenvalue weighted by atomic mass is 32.1. The molecule has 1 fully saturated rings. The predicted octanol–water partition coefficient (Wildman–Crippen LogP) is 4.36. The van der Waals surface area contributed by atoms with E-state index >= 15 is 0 Å². The molecule has 2 aromatic heterocycles. The highest BCUT2D eigenvalue weighted by molar-refractivity contribution is 7.14. The molecular formula is C24H25F3N4O3S. The number of carbonyl (C=O) groups excluding carboxylic acids is 1. The first-order valence-corrected chi connectivity index (χ1v) is 11.9. The molecule has 2 atom stereocenters. The Morgan fingerprint density at radius 2 is 1.97 bits per heavy atom. The lowest BCUT2D eigenvalue weighted by Crippen LogP contribution is -2.29. The number of thiazole rings is 1. The summed E-state index contributed by atoms with van der Waals surface area (Å²) in [6.07, 6.45) is 0.504. The van der Waals surface area contributed by atoms with E-state index in [0.717, 1.165) is 39.8 Å². The number of amides is 1. The number of hydrogen-bond donors (Lipinski definition) is 2. The van der Waals surface area contributed by atoms with E-state index in [1.54, 1.807) is 25.3 Å². The first-order valence-electron chi connectivity index (χ1n) is 11.0. The van der Waals surface area contributed by atoms with Crippen LogP contribution in [0, 0.1) is 12.3 Å². The molecule has 1 aliphatic rings. The van der Waals surface area contributed by atoms with Crippen molar-refractivity contribution in [2.45, 2.75) is 38.9 Å². The Morgan fingerprint density at radius 3 is 2.54 bits per heavy atom. The molecule has 4 rings (SSSR count). The zero-order valence-electron chi connectivity index (χ0n) is 19.2. The minimum atomic E-state index is -4.63. The number of ether oxygens (including phenoxy) is 1. The summed E-state index contributed by atoms with van der Waals surface area (Å²) >= 11 is 1.51. The Labute approximate surface area is 204 Å². The number of halogens is 3. The van der Waals surface area contributed by atoms with Crippen molar-refractivity contribution in [3.63, 3.8) is 0 Å². The largest absolute Gasteiger partial charge is 0.451 e. The van der Waals surface area contributed by atoms with Gasteiger partial charge in [-0.1, -0.05) is 0 Å². The standard InChI is InChI=1S/C24H25F3N4O3S/c1-14-9-28-21(35-14)18-6-16(8-23(12-32)3-4-34-13-23)5-17(7-18)20(33)31-15(2)19-10-29-22(30-11-19)24(25,26)27/h5-7,9-11,15,32H,3-4,8,12-13H2,1-2H3,(H,31,33)/t15-,23?/m1/s1. The minimum absolute atomic E-state index is 0.0277. The average Bonchev–Trinajstić information content (AvgIpc) is 3.48. The number of rotatable bonds is 7. The summed E-state index contributed by atoms with van der Waals surface area (Å²) in [5.41, 5.74) is 1.97. The van der Waals surface area contributed by atoms with E-state index in [1.165, 1.54) is 11.3 Å². The smallest absolute Gasteiger partial charge is 0.396 e. The van der Waals surface area contributed by atoms with Gasteiger partial charge >= 0.3 is 6.18 Å². The molecule has 0 radical (unpaired) electrons. The maximum Gasteiger partial charge on any atom is 0.451 e. The number of nitrogens with one attached hydrogen (secondary N) is 1.